The molecule has 4 rings (SSSR count). The van der Waals surface area contributed by atoms with Crippen molar-refractivity contribution in [2.24, 2.45) is 5.92 Å². The maximum atomic E-state index is 13.2. The van der Waals surface area contributed by atoms with Crippen LogP contribution in [0.3, 0.4) is 0 Å². The van der Waals surface area contributed by atoms with Gasteiger partial charge in [-0.1, -0.05) is 18.1 Å². The molecule has 1 aromatic heterocycles. The van der Waals surface area contributed by atoms with E-state index in [0.717, 1.165) is 25.9 Å². The molecule has 8 heteroatoms. The first-order valence-electron chi connectivity index (χ1n) is 10.8. The molecule has 0 aliphatic carbocycles. The Morgan fingerprint density at radius 1 is 0.933 bits per heavy atom. The van der Waals surface area contributed by atoms with Crippen molar-refractivity contribution in [3.8, 4) is 5.69 Å². The van der Waals surface area contributed by atoms with Crippen molar-refractivity contribution in [2.75, 3.05) is 26.2 Å². The third-order valence-electron chi connectivity index (χ3n) is 6.22. The van der Waals surface area contributed by atoms with Crippen molar-refractivity contribution < 1.29 is 14.0 Å². The standard InChI is InChI=1S/C22H28FN5O2/c1-16-20(24-25-28(16)19-8-6-18(23)7-9-19)22(30)27-14-10-17(11-15-27)21(29)26-12-4-2-3-5-13-26/h6-9,17H,2-5,10-15H2,1H3. The Hall–Kier alpha value is -2.77. The Balaban J connectivity index is 1.39. The van der Waals surface area contributed by atoms with E-state index in [0.29, 0.717) is 43.0 Å². The molecular formula is C22H28FN5O2. The number of hydrogen-bond donors (Lipinski definition) is 0. The number of piperidine rings is 1. The zero-order valence-corrected chi connectivity index (χ0v) is 17.4. The van der Waals surface area contributed by atoms with Crippen molar-refractivity contribution in [1.82, 2.24) is 24.8 Å². The molecule has 0 N–H and O–H groups in total. The van der Waals surface area contributed by atoms with Gasteiger partial charge in [-0.05, 0) is 56.9 Å². The second-order valence-corrected chi connectivity index (χ2v) is 8.22. The van der Waals surface area contributed by atoms with Gasteiger partial charge in [0.2, 0.25) is 5.91 Å². The van der Waals surface area contributed by atoms with Gasteiger partial charge in [0, 0.05) is 32.1 Å². The molecule has 0 radical (unpaired) electrons. The minimum atomic E-state index is -0.328. The fourth-order valence-electron chi connectivity index (χ4n) is 4.38. The summed E-state index contributed by atoms with van der Waals surface area (Å²) in [7, 11) is 0. The molecular weight excluding hydrogens is 385 g/mol. The highest BCUT2D eigenvalue weighted by molar-refractivity contribution is 5.93. The molecule has 0 unspecified atom stereocenters. The molecule has 0 saturated carbocycles. The number of carbonyl (C=O) groups excluding carboxylic acids is 2. The second-order valence-electron chi connectivity index (χ2n) is 8.22. The van der Waals surface area contributed by atoms with E-state index >= 15 is 0 Å². The van der Waals surface area contributed by atoms with Crippen molar-refractivity contribution in [3.05, 3.63) is 41.5 Å². The van der Waals surface area contributed by atoms with Gasteiger partial charge in [0.15, 0.2) is 5.69 Å². The molecule has 30 heavy (non-hydrogen) atoms. The van der Waals surface area contributed by atoms with Crippen molar-refractivity contribution in [1.29, 1.82) is 0 Å². The van der Waals surface area contributed by atoms with Crippen LogP contribution in [0.1, 0.15) is 54.7 Å². The van der Waals surface area contributed by atoms with Gasteiger partial charge in [-0.3, -0.25) is 9.59 Å². The molecule has 2 aliphatic heterocycles. The topological polar surface area (TPSA) is 71.3 Å². The molecule has 7 nitrogen and oxygen atoms in total. The van der Waals surface area contributed by atoms with E-state index in [2.05, 4.69) is 10.3 Å². The Morgan fingerprint density at radius 2 is 1.57 bits per heavy atom. The van der Waals surface area contributed by atoms with Gasteiger partial charge in [-0.15, -0.1) is 5.10 Å². The highest BCUT2D eigenvalue weighted by Crippen LogP contribution is 2.23. The van der Waals surface area contributed by atoms with Gasteiger partial charge < -0.3 is 9.80 Å². The van der Waals surface area contributed by atoms with E-state index < -0.39 is 0 Å². The zero-order valence-electron chi connectivity index (χ0n) is 17.4. The van der Waals surface area contributed by atoms with E-state index in [1.807, 2.05) is 4.90 Å². The monoisotopic (exact) mass is 413 g/mol. The lowest BCUT2D eigenvalue weighted by Gasteiger charge is -2.33. The number of nitrogens with zero attached hydrogens (tertiary/aromatic N) is 5. The Kier molecular flexibility index (Phi) is 6.11. The average molecular weight is 413 g/mol. The fourth-order valence-corrected chi connectivity index (χ4v) is 4.38. The molecule has 2 aromatic rings. The Labute approximate surface area is 175 Å². The summed E-state index contributed by atoms with van der Waals surface area (Å²) in [5.41, 5.74) is 1.58. The SMILES string of the molecule is Cc1c(C(=O)N2CCC(C(=O)N3CCCCCC3)CC2)nnn1-c1ccc(F)cc1. The fraction of sp³-hybridized carbons (Fsp3) is 0.545. The van der Waals surface area contributed by atoms with Gasteiger partial charge in [0.1, 0.15) is 5.82 Å². The molecule has 0 bridgehead atoms. The van der Waals surface area contributed by atoms with Crippen LogP contribution in [0.25, 0.3) is 5.69 Å². The molecule has 2 aliphatic rings. The quantitative estimate of drug-likeness (QED) is 0.776. The van der Waals surface area contributed by atoms with Crippen LogP contribution in [0.4, 0.5) is 4.39 Å². The summed E-state index contributed by atoms with van der Waals surface area (Å²) < 4.78 is 14.7. The smallest absolute Gasteiger partial charge is 0.276 e. The highest BCUT2D eigenvalue weighted by atomic mass is 19.1. The summed E-state index contributed by atoms with van der Waals surface area (Å²) in [6.45, 7) is 4.61. The van der Waals surface area contributed by atoms with Crippen LogP contribution in [0.15, 0.2) is 24.3 Å². The van der Waals surface area contributed by atoms with Crippen LogP contribution in [-0.4, -0.2) is 62.8 Å². The highest BCUT2D eigenvalue weighted by Gasteiger charge is 2.32. The number of likely N-dealkylation sites (tertiary alicyclic amines) is 2. The number of hydrogen-bond acceptors (Lipinski definition) is 4. The van der Waals surface area contributed by atoms with E-state index in [1.54, 1.807) is 28.6 Å². The summed E-state index contributed by atoms with van der Waals surface area (Å²) in [6.07, 6.45) is 5.96. The summed E-state index contributed by atoms with van der Waals surface area (Å²) >= 11 is 0. The summed E-state index contributed by atoms with van der Waals surface area (Å²) in [5, 5.41) is 8.16. The molecule has 1 aromatic carbocycles. The first-order chi connectivity index (χ1) is 14.5. The van der Waals surface area contributed by atoms with Gasteiger partial charge >= 0.3 is 0 Å². The molecule has 2 fully saturated rings. The number of benzene rings is 1. The third kappa shape index (κ3) is 4.22. The summed E-state index contributed by atoms with van der Waals surface area (Å²) in [4.78, 5) is 29.6. The minimum absolute atomic E-state index is 0.00291. The Morgan fingerprint density at radius 3 is 2.20 bits per heavy atom. The van der Waals surface area contributed by atoms with Crippen molar-refractivity contribution >= 4 is 11.8 Å². The van der Waals surface area contributed by atoms with Crippen LogP contribution < -0.4 is 0 Å². The van der Waals surface area contributed by atoms with Gasteiger partial charge in [-0.25, -0.2) is 9.07 Å². The summed E-state index contributed by atoms with van der Waals surface area (Å²) in [6, 6.07) is 5.91. The van der Waals surface area contributed by atoms with Crippen LogP contribution >= 0.6 is 0 Å². The lowest BCUT2D eigenvalue weighted by molar-refractivity contribution is -0.136. The van der Waals surface area contributed by atoms with Gasteiger partial charge in [0.25, 0.3) is 5.91 Å². The van der Waals surface area contributed by atoms with Crippen molar-refractivity contribution in [2.45, 2.75) is 45.4 Å². The summed E-state index contributed by atoms with van der Waals surface area (Å²) in [5.74, 6) is -0.238. The first kappa shape index (κ1) is 20.5. The molecule has 0 atom stereocenters. The molecule has 2 saturated heterocycles. The number of aromatic nitrogens is 3. The minimum Gasteiger partial charge on any atom is -0.342 e. The van der Waals surface area contributed by atoms with Crippen LogP contribution in [0.5, 0.6) is 0 Å². The number of amides is 2. The predicted molar refractivity (Wildman–Crippen MR) is 110 cm³/mol. The lowest BCUT2D eigenvalue weighted by Crippen LogP contribution is -2.44. The number of carbonyl (C=O) groups is 2. The lowest BCUT2D eigenvalue weighted by atomic mass is 9.95. The number of halogens is 1. The first-order valence-corrected chi connectivity index (χ1v) is 10.8. The normalized spacial score (nSPS) is 18.3. The van der Waals surface area contributed by atoms with Gasteiger partial charge in [0.05, 0.1) is 11.4 Å². The van der Waals surface area contributed by atoms with Crippen LogP contribution in [-0.2, 0) is 4.79 Å². The maximum Gasteiger partial charge on any atom is 0.276 e. The maximum absolute atomic E-state index is 13.2. The molecule has 2 amide bonds. The van der Waals surface area contributed by atoms with Crippen LogP contribution in [0.2, 0.25) is 0 Å². The predicted octanol–water partition coefficient (Wildman–Crippen LogP) is 2.97. The van der Waals surface area contributed by atoms with E-state index in [4.69, 9.17) is 0 Å². The second kappa shape index (κ2) is 8.93. The molecule has 160 valence electrons. The van der Waals surface area contributed by atoms with E-state index in [9.17, 15) is 14.0 Å². The van der Waals surface area contributed by atoms with E-state index in [-0.39, 0.29) is 23.5 Å². The Bertz CT molecular complexity index is 895. The van der Waals surface area contributed by atoms with E-state index in [1.165, 1.54) is 25.0 Å². The van der Waals surface area contributed by atoms with Crippen LogP contribution in [0, 0.1) is 18.7 Å². The van der Waals surface area contributed by atoms with Gasteiger partial charge in [-0.2, -0.15) is 0 Å². The third-order valence-corrected chi connectivity index (χ3v) is 6.22. The molecule has 3 heterocycles. The van der Waals surface area contributed by atoms with Crippen molar-refractivity contribution in [3.63, 3.8) is 0 Å². The average Bonchev–Trinajstić information content (AvgIpc) is 2.97. The largest absolute Gasteiger partial charge is 0.342 e. The zero-order chi connectivity index (χ0) is 21.1. The molecule has 0 spiro atoms. The number of rotatable bonds is 3.